The molecule has 9 heteroatoms. The summed E-state index contributed by atoms with van der Waals surface area (Å²) in [5.74, 6) is 0.176. The summed E-state index contributed by atoms with van der Waals surface area (Å²) in [6.07, 6.45) is 1.90. The minimum Gasteiger partial charge on any atom is -0.359 e. The Morgan fingerprint density at radius 3 is 2.78 bits per heavy atom. The number of carbonyl (C=O) groups excluding carboxylic acids is 1. The van der Waals surface area contributed by atoms with E-state index in [9.17, 15) is 14.9 Å². The first kappa shape index (κ1) is 16.7. The zero-order valence-electron chi connectivity index (χ0n) is 13.3. The van der Waals surface area contributed by atoms with E-state index >= 15 is 0 Å². The molecule has 23 heavy (non-hydrogen) atoms. The van der Waals surface area contributed by atoms with Gasteiger partial charge in [0.05, 0.1) is 17.2 Å². The number of aromatic amines is 1. The minimum atomic E-state index is -0.637. The Balaban J connectivity index is 2.04. The fourth-order valence-corrected chi connectivity index (χ4v) is 2.37. The van der Waals surface area contributed by atoms with E-state index in [2.05, 4.69) is 34.5 Å². The van der Waals surface area contributed by atoms with Gasteiger partial charge in [-0.1, -0.05) is 19.0 Å². The van der Waals surface area contributed by atoms with Gasteiger partial charge < -0.3 is 9.84 Å². The maximum absolute atomic E-state index is 12.0. The van der Waals surface area contributed by atoms with E-state index < -0.39 is 10.8 Å². The van der Waals surface area contributed by atoms with Crippen LogP contribution in [-0.2, 0) is 6.54 Å². The summed E-state index contributed by atoms with van der Waals surface area (Å²) in [6.45, 7) is 5.72. The molecule has 0 spiro atoms. The number of nitrogens with zero attached hydrogens (tertiary/aromatic N) is 3. The molecule has 124 valence electrons. The molecule has 0 aliphatic rings. The van der Waals surface area contributed by atoms with Gasteiger partial charge in [-0.25, -0.2) is 0 Å². The van der Waals surface area contributed by atoms with E-state index in [1.54, 1.807) is 6.07 Å². The van der Waals surface area contributed by atoms with Crippen LogP contribution in [0.2, 0.25) is 0 Å². The van der Waals surface area contributed by atoms with Crippen LogP contribution in [0, 0.1) is 17.0 Å². The SMILES string of the molecule is CCC(CC)c1cc(CNC(=O)c2n[nH]c(C)c2[N+](=O)[O-])on1. The molecule has 0 aliphatic carbocycles. The predicted molar refractivity (Wildman–Crippen MR) is 81.0 cm³/mol. The monoisotopic (exact) mass is 321 g/mol. The van der Waals surface area contributed by atoms with Gasteiger partial charge in [0.15, 0.2) is 5.76 Å². The molecule has 1 amide bonds. The molecule has 2 N–H and O–H groups in total. The van der Waals surface area contributed by atoms with E-state index in [4.69, 9.17) is 4.52 Å². The van der Waals surface area contributed by atoms with Crippen molar-refractivity contribution in [2.24, 2.45) is 0 Å². The number of H-pyrrole nitrogens is 1. The van der Waals surface area contributed by atoms with Gasteiger partial charge in [-0.05, 0) is 19.8 Å². The molecule has 0 saturated carbocycles. The van der Waals surface area contributed by atoms with Crippen molar-refractivity contribution < 1.29 is 14.2 Å². The Kier molecular flexibility index (Phi) is 5.09. The Morgan fingerprint density at radius 2 is 2.17 bits per heavy atom. The van der Waals surface area contributed by atoms with E-state index in [1.165, 1.54) is 6.92 Å². The van der Waals surface area contributed by atoms with Crippen LogP contribution in [0.15, 0.2) is 10.6 Å². The van der Waals surface area contributed by atoms with Crippen LogP contribution < -0.4 is 5.32 Å². The number of rotatable bonds is 7. The number of hydrogen-bond donors (Lipinski definition) is 2. The van der Waals surface area contributed by atoms with Gasteiger partial charge in [-0.15, -0.1) is 0 Å². The van der Waals surface area contributed by atoms with Gasteiger partial charge in [0.2, 0.25) is 5.69 Å². The third-order valence-corrected chi connectivity index (χ3v) is 3.72. The Morgan fingerprint density at radius 1 is 1.48 bits per heavy atom. The van der Waals surface area contributed by atoms with E-state index in [0.29, 0.717) is 11.7 Å². The molecule has 0 saturated heterocycles. The standard InChI is InChI=1S/C14H19N5O4/c1-4-9(5-2)11-6-10(23-18-11)7-15-14(20)12-13(19(21)22)8(3)16-17-12/h6,9H,4-5,7H2,1-3H3,(H,15,20)(H,16,17). The number of aromatic nitrogens is 3. The second-order valence-electron chi connectivity index (χ2n) is 5.22. The molecule has 0 atom stereocenters. The molecule has 2 heterocycles. The molecule has 0 radical (unpaired) electrons. The highest BCUT2D eigenvalue weighted by molar-refractivity contribution is 5.96. The molecular formula is C14H19N5O4. The van der Waals surface area contributed by atoms with Crippen molar-refractivity contribution >= 4 is 11.6 Å². The minimum absolute atomic E-state index is 0.0923. The summed E-state index contributed by atoms with van der Waals surface area (Å²) in [4.78, 5) is 22.4. The largest absolute Gasteiger partial charge is 0.359 e. The van der Waals surface area contributed by atoms with E-state index in [0.717, 1.165) is 18.5 Å². The molecule has 0 aliphatic heterocycles. The molecule has 0 bridgehead atoms. The highest BCUT2D eigenvalue weighted by Crippen LogP contribution is 2.23. The van der Waals surface area contributed by atoms with Crippen LogP contribution in [0.1, 0.15) is 60.2 Å². The zero-order valence-corrected chi connectivity index (χ0v) is 13.3. The van der Waals surface area contributed by atoms with Crippen LogP contribution >= 0.6 is 0 Å². The quantitative estimate of drug-likeness (QED) is 0.595. The topological polar surface area (TPSA) is 127 Å². The molecular weight excluding hydrogens is 302 g/mol. The third-order valence-electron chi connectivity index (χ3n) is 3.72. The van der Waals surface area contributed by atoms with Crippen LogP contribution in [0.3, 0.4) is 0 Å². The Hall–Kier alpha value is -2.71. The maximum Gasteiger partial charge on any atom is 0.322 e. The third kappa shape index (κ3) is 3.55. The molecule has 2 aromatic heterocycles. The lowest BCUT2D eigenvalue weighted by molar-refractivity contribution is -0.385. The van der Waals surface area contributed by atoms with Gasteiger partial charge in [0.25, 0.3) is 5.91 Å². The van der Waals surface area contributed by atoms with Crippen LogP contribution in [0.25, 0.3) is 0 Å². The number of hydrogen-bond acceptors (Lipinski definition) is 6. The second kappa shape index (κ2) is 7.03. The zero-order chi connectivity index (χ0) is 17.0. The lowest BCUT2D eigenvalue weighted by Crippen LogP contribution is -2.23. The highest BCUT2D eigenvalue weighted by Gasteiger charge is 2.27. The number of nitro groups is 1. The summed E-state index contributed by atoms with van der Waals surface area (Å²) in [7, 11) is 0. The van der Waals surface area contributed by atoms with Crippen LogP contribution in [0.4, 0.5) is 5.69 Å². The smallest absolute Gasteiger partial charge is 0.322 e. The number of nitrogens with one attached hydrogen (secondary N) is 2. The summed E-state index contributed by atoms with van der Waals surface area (Å²) in [5.41, 5.74) is 0.515. The summed E-state index contributed by atoms with van der Waals surface area (Å²) < 4.78 is 5.19. The summed E-state index contributed by atoms with van der Waals surface area (Å²) in [5, 5.41) is 23.6. The highest BCUT2D eigenvalue weighted by atomic mass is 16.6. The van der Waals surface area contributed by atoms with E-state index in [-0.39, 0.29) is 23.6 Å². The number of aryl methyl sites for hydroxylation is 1. The van der Waals surface area contributed by atoms with Gasteiger partial charge in [0, 0.05) is 12.0 Å². The van der Waals surface area contributed by atoms with E-state index in [1.807, 2.05) is 0 Å². The Bertz CT molecular complexity index is 702. The molecule has 0 aromatic carbocycles. The summed E-state index contributed by atoms with van der Waals surface area (Å²) >= 11 is 0. The first-order chi connectivity index (χ1) is 11.0. The number of amides is 1. The lowest BCUT2D eigenvalue weighted by Gasteiger charge is -2.05. The molecule has 2 aromatic rings. The first-order valence-corrected chi connectivity index (χ1v) is 7.40. The normalized spacial score (nSPS) is 11.0. The van der Waals surface area contributed by atoms with Crippen molar-refractivity contribution in [2.75, 3.05) is 0 Å². The van der Waals surface area contributed by atoms with Crippen molar-refractivity contribution in [1.82, 2.24) is 20.7 Å². The molecule has 0 fully saturated rings. The lowest BCUT2D eigenvalue weighted by atomic mass is 9.99. The van der Waals surface area contributed by atoms with Crippen molar-refractivity contribution in [1.29, 1.82) is 0 Å². The number of carbonyl (C=O) groups is 1. The Labute approximate surface area is 132 Å². The maximum atomic E-state index is 12.0. The second-order valence-corrected chi connectivity index (χ2v) is 5.22. The van der Waals surface area contributed by atoms with Gasteiger partial charge >= 0.3 is 5.69 Å². The average molecular weight is 321 g/mol. The van der Waals surface area contributed by atoms with Crippen molar-refractivity contribution in [3.63, 3.8) is 0 Å². The van der Waals surface area contributed by atoms with Crippen LogP contribution in [-0.4, -0.2) is 26.2 Å². The van der Waals surface area contributed by atoms with Crippen LogP contribution in [0.5, 0.6) is 0 Å². The average Bonchev–Trinajstić information content (AvgIpc) is 3.13. The fraction of sp³-hybridized carbons (Fsp3) is 0.500. The van der Waals surface area contributed by atoms with Crippen molar-refractivity contribution in [3.8, 4) is 0 Å². The van der Waals surface area contributed by atoms with Gasteiger partial charge in [0.1, 0.15) is 5.69 Å². The van der Waals surface area contributed by atoms with Gasteiger partial charge in [-0.2, -0.15) is 5.10 Å². The van der Waals surface area contributed by atoms with Crippen molar-refractivity contribution in [3.05, 3.63) is 39.0 Å². The molecule has 2 rings (SSSR count). The fourth-order valence-electron chi connectivity index (χ4n) is 2.37. The van der Waals surface area contributed by atoms with Crippen molar-refractivity contribution in [2.45, 2.75) is 46.1 Å². The predicted octanol–water partition coefficient (Wildman–Crippen LogP) is 2.45. The first-order valence-electron chi connectivity index (χ1n) is 7.40. The molecule has 0 unspecified atom stereocenters. The molecule has 9 nitrogen and oxygen atoms in total. The van der Waals surface area contributed by atoms with Gasteiger partial charge in [-0.3, -0.25) is 20.0 Å². The summed E-state index contributed by atoms with van der Waals surface area (Å²) in [6, 6.07) is 1.79.